The van der Waals surface area contributed by atoms with Gasteiger partial charge in [0.15, 0.2) is 0 Å². The molecule has 0 aliphatic rings. The third-order valence-electron chi connectivity index (χ3n) is 3.51. The molecule has 2 rings (SSSR count). The van der Waals surface area contributed by atoms with Crippen molar-refractivity contribution in [1.82, 2.24) is 15.8 Å². The van der Waals surface area contributed by atoms with Gasteiger partial charge in [0.1, 0.15) is 5.76 Å². The molecule has 2 N–H and O–H groups in total. The van der Waals surface area contributed by atoms with E-state index in [1.54, 1.807) is 39.1 Å². The molecule has 2 aromatic rings. The van der Waals surface area contributed by atoms with Gasteiger partial charge in [0.05, 0.1) is 24.2 Å². The van der Waals surface area contributed by atoms with Crippen molar-refractivity contribution >= 4 is 11.8 Å². The molecule has 0 bridgehead atoms. The van der Waals surface area contributed by atoms with Gasteiger partial charge in [-0.15, -0.1) is 0 Å². The van der Waals surface area contributed by atoms with Crippen molar-refractivity contribution in [3.8, 4) is 11.8 Å². The minimum Gasteiger partial charge on any atom is -0.361 e. The van der Waals surface area contributed by atoms with Crippen molar-refractivity contribution < 1.29 is 14.1 Å². The summed E-state index contributed by atoms with van der Waals surface area (Å²) in [5.41, 5.74) is 2.64. The summed E-state index contributed by atoms with van der Waals surface area (Å²) >= 11 is 0. The summed E-state index contributed by atoms with van der Waals surface area (Å²) in [5.74, 6) is 6.07. The third-order valence-corrected chi connectivity index (χ3v) is 3.51. The molecular formula is C18H19N3O3. The highest BCUT2D eigenvalue weighted by Crippen LogP contribution is 2.12. The predicted octanol–water partition coefficient (Wildman–Crippen LogP) is 1.36. The number of aromatic nitrogens is 1. The highest BCUT2D eigenvalue weighted by Gasteiger charge is 2.12. The summed E-state index contributed by atoms with van der Waals surface area (Å²) in [6, 6.07) is 7.07. The average Bonchev–Trinajstić information content (AvgIpc) is 2.90. The van der Waals surface area contributed by atoms with E-state index in [-0.39, 0.29) is 24.8 Å². The molecule has 0 radical (unpaired) electrons. The van der Waals surface area contributed by atoms with Crippen LogP contribution in [0.1, 0.15) is 32.9 Å². The van der Waals surface area contributed by atoms with E-state index in [4.69, 9.17) is 4.52 Å². The second-order valence-corrected chi connectivity index (χ2v) is 5.18. The molecule has 0 saturated heterocycles. The van der Waals surface area contributed by atoms with Crippen LogP contribution < -0.4 is 10.6 Å². The lowest BCUT2D eigenvalue weighted by molar-refractivity contribution is -0.120. The molecule has 0 spiro atoms. The monoisotopic (exact) mass is 325 g/mol. The first-order valence-corrected chi connectivity index (χ1v) is 7.51. The summed E-state index contributed by atoms with van der Waals surface area (Å²) in [4.78, 5) is 23.7. The Hall–Kier alpha value is -3.07. The molecule has 1 aromatic heterocycles. The number of amides is 2. The first kappa shape index (κ1) is 17.3. The van der Waals surface area contributed by atoms with Crippen LogP contribution >= 0.6 is 0 Å². The van der Waals surface area contributed by atoms with Crippen molar-refractivity contribution in [2.75, 3.05) is 13.6 Å². The number of hydrogen-bond acceptors (Lipinski definition) is 4. The van der Waals surface area contributed by atoms with Gasteiger partial charge in [-0.3, -0.25) is 9.59 Å². The van der Waals surface area contributed by atoms with Crippen LogP contribution in [0.2, 0.25) is 0 Å². The molecule has 124 valence electrons. The average molecular weight is 325 g/mol. The number of benzene rings is 1. The van der Waals surface area contributed by atoms with Gasteiger partial charge in [-0.2, -0.15) is 0 Å². The first-order chi connectivity index (χ1) is 11.5. The van der Waals surface area contributed by atoms with E-state index in [9.17, 15) is 9.59 Å². The smallest absolute Gasteiger partial charge is 0.252 e. The summed E-state index contributed by atoms with van der Waals surface area (Å²) < 4.78 is 5.03. The van der Waals surface area contributed by atoms with E-state index >= 15 is 0 Å². The largest absolute Gasteiger partial charge is 0.361 e. The Morgan fingerprint density at radius 3 is 2.67 bits per heavy atom. The fraction of sp³-hybridized carbons (Fsp3) is 0.278. The van der Waals surface area contributed by atoms with Gasteiger partial charge in [0.2, 0.25) is 5.91 Å². The van der Waals surface area contributed by atoms with Gasteiger partial charge in [-0.1, -0.05) is 29.1 Å². The number of carbonyl (C=O) groups is 2. The van der Waals surface area contributed by atoms with Crippen LogP contribution in [0, 0.1) is 25.7 Å². The van der Waals surface area contributed by atoms with Crippen molar-refractivity contribution in [2.24, 2.45) is 0 Å². The minimum absolute atomic E-state index is 0.154. The fourth-order valence-corrected chi connectivity index (χ4v) is 2.18. The Morgan fingerprint density at radius 2 is 2.00 bits per heavy atom. The van der Waals surface area contributed by atoms with Crippen LogP contribution in [0.25, 0.3) is 0 Å². The Morgan fingerprint density at radius 1 is 1.25 bits per heavy atom. The van der Waals surface area contributed by atoms with Crippen LogP contribution in [-0.4, -0.2) is 30.6 Å². The lowest BCUT2D eigenvalue weighted by Gasteiger charge is -2.02. The van der Waals surface area contributed by atoms with Gasteiger partial charge in [0, 0.05) is 18.2 Å². The van der Waals surface area contributed by atoms with E-state index in [2.05, 4.69) is 27.6 Å². The Bertz CT molecular complexity index is 793. The number of carbonyl (C=O) groups excluding carboxylic acids is 2. The first-order valence-electron chi connectivity index (χ1n) is 7.51. The van der Waals surface area contributed by atoms with Crippen LogP contribution in [0.4, 0.5) is 0 Å². The molecule has 6 nitrogen and oxygen atoms in total. The molecule has 0 unspecified atom stereocenters. The topological polar surface area (TPSA) is 84.2 Å². The summed E-state index contributed by atoms with van der Waals surface area (Å²) in [6.07, 6.45) is 0.206. The van der Waals surface area contributed by atoms with Gasteiger partial charge >= 0.3 is 0 Å². The van der Waals surface area contributed by atoms with E-state index in [1.165, 1.54) is 0 Å². The van der Waals surface area contributed by atoms with Crippen LogP contribution in [-0.2, 0) is 11.2 Å². The van der Waals surface area contributed by atoms with Crippen LogP contribution in [0.3, 0.4) is 0 Å². The highest BCUT2D eigenvalue weighted by molar-refractivity contribution is 5.96. The molecule has 0 aliphatic heterocycles. The molecule has 0 aliphatic carbocycles. The zero-order valence-electron chi connectivity index (χ0n) is 13.9. The number of aryl methyl sites for hydroxylation is 2. The molecule has 0 fully saturated rings. The van der Waals surface area contributed by atoms with Crippen LogP contribution in [0.5, 0.6) is 0 Å². The second-order valence-electron chi connectivity index (χ2n) is 5.18. The lowest BCUT2D eigenvalue weighted by atomic mass is 10.1. The van der Waals surface area contributed by atoms with Crippen molar-refractivity contribution in [2.45, 2.75) is 20.3 Å². The SMILES string of the molecule is CNC(=O)c1ccccc1C#CCNC(=O)Cc1c(C)noc1C. The van der Waals surface area contributed by atoms with E-state index < -0.39 is 0 Å². The summed E-state index contributed by atoms with van der Waals surface area (Å²) in [6.45, 7) is 3.77. The number of rotatable bonds is 4. The minimum atomic E-state index is -0.192. The lowest BCUT2D eigenvalue weighted by Crippen LogP contribution is -2.25. The standard InChI is InChI=1S/C18H19N3O3/c1-12-16(13(2)24-21-12)11-17(22)20-10-6-8-14-7-4-5-9-15(14)18(23)19-3/h4-5,7,9H,10-11H2,1-3H3,(H,19,23)(H,20,22). The molecule has 2 amide bonds. The van der Waals surface area contributed by atoms with Crippen molar-refractivity contribution in [1.29, 1.82) is 0 Å². The molecule has 1 aromatic carbocycles. The molecule has 1 heterocycles. The van der Waals surface area contributed by atoms with E-state index in [1.807, 2.05) is 6.07 Å². The maximum atomic E-state index is 11.9. The van der Waals surface area contributed by atoms with Gasteiger partial charge in [-0.05, 0) is 26.0 Å². The molecular weight excluding hydrogens is 306 g/mol. The molecule has 6 heteroatoms. The van der Waals surface area contributed by atoms with E-state index in [0.717, 1.165) is 5.56 Å². The highest BCUT2D eigenvalue weighted by atomic mass is 16.5. The van der Waals surface area contributed by atoms with Gasteiger partial charge < -0.3 is 15.2 Å². The molecule has 0 saturated carbocycles. The quantitative estimate of drug-likeness (QED) is 0.832. The Labute approximate surface area is 140 Å². The second kappa shape index (κ2) is 7.97. The third kappa shape index (κ3) is 4.23. The summed E-state index contributed by atoms with van der Waals surface area (Å²) in [5, 5.41) is 9.12. The Kier molecular flexibility index (Phi) is 5.74. The fourth-order valence-electron chi connectivity index (χ4n) is 2.18. The van der Waals surface area contributed by atoms with Gasteiger partial charge in [-0.25, -0.2) is 0 Å². The maximum Gasteiger partial charge on any atom is 0.252 e. The van der Waals surface area contributed by atoms with E-state index in [0.29, 0.717) is 22.6 Å². The normalized spacial score (nSPS) is 9.79. The number of nitrogens with zero attached hydrogens (tertiary/aromatic N) is 1. The van der Waals surface area contributed by atoms with Crippen molar-refractivity contribution in [3.63, 3.8) is 0 Å². The zero-order chi connectivity index (χ0) is 17.5. The number of hydrogen-bond donors (Lipinski definition) is 2. The molecule has 0 atom stereocenters. The number of nitrogens with one attached hydrogen (secondary N) is 2. The maximum absolute atomic E-state index is 11.9. The molecule has 24 heavy (non-hydrogen) atoms. The van der Waals surface area contributed by atoms with Gasteiger partial charge in [0.25, 0.3) is 5.91 Å². The Balaban J connectivity index is 1.95. The zero-order valence-corrected chi connectivity index (χ0v) is 13.9. The van der Waals surface area contributed by atoms with Crippen LogP contribution in [0.15, 0.2) is 28.8 Å². The van der Waals surface area contributed by atoms with Crippen molar-refractivity contribution in [3.05, 3.63) is 52.4 Å². The predicted molar refractivity (Wildman–Crippen MR) is 89.4 cm³/mol. The summed E-state index contributed by atoms with van der Waals surface area (Å²) in [7, 11) is 1.57.